The Kier molecular flexibility index (Phi) is 0.778. The van der Waals surface area contributed by atoms with E-state index < -0.39 is 37.5 Å². The Morgan fingerprint density at radius 3 is 2.10 bits per heavy atom. The molecule has 0 rings (SSSR count). The van der Waals surface area contributed by atoms with Crippen molar-refractivity contribution in [3.05, 3.63) is 0 Å². The zero-order valence-corrected chi connectivity index (χ0v) is 4.92. The molecule has 4 heteroatoms. The van der Waals surface area contributed by atoms with Crippen LogP contribution in [-0.4, -0.2) is 22.2 Å². The second-order valence-corrected chi connectivity index (χ2v) is 1.78. The summed E-state index contributed by atoms with van der Waals surface area (Å²) >= 11 is 0. The quantitative estimate of drug-likeness (QED) is 0.620. The van der Waals surface area contributed by atoms with Crippen molar-refractivity contribution in [3.8, 4) is 0 Å². The van der Waals surface area contributed by atoms with E-state index in [4.69, 9.17) is 18.4 Å². The molecule has 0 unspecified atom stereocenters. The molecular weight excluding hydrogens is 136 g/mol. The van der Waals surface area contributed by atoms with Gasteiger partial charge in [0.15, 0.2) is 0 Å². The summed E-state index contributed by atoms with van der Waals surface area (Å²) in [6.07, 6.45) is -1.49. The lowest BCUT2D eigenvalue weighted by Crippen LogP contribution is -2.26. The topological polar surface area (TPSA) is 74.6 Å². The largest absolute Gasteiger partial charge is 0.481 e. The molecule has 0 bridgehead atoms. The van der Waals surface area contributed by atoms with Crippen molar-refractivity contribution in [3.63, 3.8) is 0 Å². The van der Waals surface area contributed by atoms with Gasteiger partial charge in [-0.1, -0.05) is 0 Å². The van der Waals surface area contributed by atoms with Gasteiger partial charge < -0.3 is 10.2 Å². The molecule has 0 saturated heterocycles. The minimum absolute atomic E-state index is 1.49. The van der Waals surface area contributed by atoms with E-state index in [1.165, 1.54) is 0 Å². The molecule has 0 spiro atoms. The van der Waals surface area contributed by atoms with Gasteiger partial charge in [0.1, 0.15) is 0 Å². The van der Waals surface area contributed by atoms with Crippen molar-refractivity contribution in [2.75, 3.05) is 0 Å². The van der Waals surface area contributed by atoms with Crippen molar-refractivity contribution in [2.24, 2.45) is 5.41 Å². The summed E-state index contributed by atoms with van der Waals surface area (Å²) < 4.78 is 41.7. The molecule has 2 N–H and O–H groups in total. The molecule has 0 saturated carbocycles. The van der Waals surface area contributed by atoms with Crippen LogP contribution in [0.1, 0.15) is 28.3 Å². The van der Waals surface area contributed by atoms with Gasteiger partial charge in [-0.2, -0.15) is 0 Å². The van der Waals surface area contributed by atoms with Gasteiger partial charge in [-0.25, -0.2) is 0 Å². The molecule has 4 nitrogen and oxygen atoms in total. The van der Waals surface area contributed by atoms with Crippen molar-refractivity contribution in [2.45, 2.75) is 20.1 Å². The van der Waals surface area contributed by atoms with Crippen molar-refractivity contribution in [1.82, 2.24) is 0 Å². The van der Waals surface area contributed by atoms with Gasteiger partial charge in [-0.15, -0.1) is 0 Å². The summed E-state index contributed by atoms with van der Waals surface area (Å²) in [5.74, 6) is -3.97. The first-order chi connectivity index (χ1) is 6.86. The van der Waals surface area contributed by atoms with Crippen LogP contribution in [-0.2, 0) is 9.59 Å². The van der Waals surface area contributed by atoms with Crippen molar-refractivity contribution in [1.29, 1.82) is 0 Å². The fraction of sp³-hybridized carbons (Fsp3) is 0.667. The Morgan fingerprint density at radius 1 is 1.50 bits per heavy atom. The van der Waals surface area contributed by atoms with Crippen LogP contribution in [0.2, 0.25) is 0 Å². The molecule has 0 radical (unpaired) electrons. The highest BCUT2D eigenvalue weighted by Crippen LogP contribution is 2.19. The third-order valence-corrected chi connectivity index (χ3v) is 0.781. The first-order valence-corrected chi connectivity index (χ1v) is 2.31. The Hall–Kier alpha value is -1.06. The molecule has 58 valence electrons. The first kappa shape index (κ1) is 2.90. The highest BCUT2D eigenvalue weighted by Gasteiger charge is 2.29. The SMILES string of the molecule is [2H]C([2H])([2H])C(CC(=O)O)(C(=O)O)C([2H])([2H])[2H]. The average molecular weight is 152 g/mol. The van der Waals surface area contributed by atoms with Crippen LogP contribution in [0.3, 0.4) is 0 Å². The number of carboxylic acids is 2. The molecule has 0 aliphatic heterocycles. The minimum atomic E-state index is -3.44. The summed E-state index contributed by atoms with van der Waals surface area (Å²) in [4.78, 5) is 21.3. The van der Waals surface area contributed by atoms with E-state index in [1.54, 1.807) is 0 Å². The molecule has 10 heavy (non-hydrogen) atoms. The highest BCUT2D eigenvalue weighted by molar-refractivity contribution is 5.80. The number of rotatable bonds is 3. The van der Waals surface area contributed by atoms with Crippen LogP contribution in [0.5, 0.6) is 0 Å². The van der Waals surface area contributed by atoms with Crippen LogP contribution >= 0.6 is 0 Å². The summed E-state index contributed by atoms with van der Waals surface area (Å²) in [5.41, 5.74) is -3.29. The standard InChI is InChI=1S/C6H10O4/c1-6(2,5(9)10)3-4(7)8/h3H2,1-2H3,(H,7,8)(H,9,10)/i1D3,2D3. The smallest absolute Gasteiger partial charge is 0.309 e. The maximum absolute atomic E-state index is 10.9. The van der Waals surface area contributed by atoms with Crippen molar-refractivity contribution >= 4 is 11.9 Å². The summed E-state index contributed by atoms with van der Waals surface area (Å²) in [6, 6.07) is 0. The maximum Gasteiger partial charge on any atom is 0.309 e. The number of hydrogen-bond acceptors (Lipinski definition) is 2. The van der Waals surface area contributed by atoms with Crippen LogP contribution < -0.4 is 0 Å². The molecule has 0 aliphatic rings. The van der Waals surface area contributed by atoms with Gasteiger partial charge in [0.2, 0.25) is 0 Å². The van der Waals surface area contributed by atoms with E-state index in [1.807, 2.05) is 0 Å². The Bertz CT molecular complexity index is 289. The second kappa shape index (κ2) is 2.68. The number of aliphatic carboxylic acids is 2. The van der Waals surface area contributed by atoms with Gasteiger partial charge in [0.25, 0.3) is 0 Å². The van der Waals surface area contributed by atoms with Gasteiger partial charge >= 0.3 is 11.9 Å². The van der Waals surface area contributed by atoms with E-state index >= 15 is 0 Å². The van der Waals surface area contributed by atoms with E-state index in [-0.39, 0.29) is 0 Å². The van der Waals surface area contributed by atoms with Crippen LogP contribution in [0, 0.1) is 5.41 Å². The number of carbonyl (C=O) groups is 2. The predicted octanol–water partition coefficient (Wildman–Crippen LogP) is 0.572. The fourth-order valence-corrected chi connectivity index (χ4v) is 0.302. The lowest BCUT2D eigenvalue weighted by Gasteiger charge is -2.14. The first-order valence-electron chi connectivity index (χ1n) is 5.31. The molecule has 0 aliphatic carbocycles. The fourth-order valence-electron chi connectivity index (χ4n) is 0.302. The number of carboxylic acid groups (broad SMARTS) is 2. The Balaban J connectivity index is 5.81. The average Bonchev–Trinajstić information content (AvgIpc) is 1.93. The molecule has 0 aromatic carbocycles. The zero-order valence-electron chi connectivity index (χ0n) is 10.9. The molecule has 0 aromatic heterocycles. The Labute approximate surface area is 66.9 Å². The molecule has 0 atom stereocenters. The van der Waals surface area contributed by atoms with Gasteiger partial charge in [-0.3, -0.25) is 9.59 Å². The Morgan fingerprint density at radius 2 is 2.00 bits per heavy atom. The monoisotopic (exact) mass is 152 g/mol. The van der Waals surface area contributed by atoms with E-state index in [9.17, 15) is 9.59 Å². The third kappa shape index (κ3) is 2.48. The van der Waals surface area contributed by atoms with Crippen LogP contribution in [0.15, 0.2) is 0 Å². The van der Waals surface area contributed by atoms with Gasteiger partial charge in [0.05, 0.1) is 11.8 Å². The summed E-state index contributed by atoms with van der Waals surface area (Å²) in [5, 5.41) is 17.2. The molecule has 0 fully saturated rings. The summed E-state index contributed by atoms with van der Waals surface area (Å²) in [7, 11) is 0. The zero-order chi connectivity index (χ0) is 13.4. The molecule has 0 aromatic rings. The third-order valence-electron chi connectivity index (χ3n) is 0.781. The van der Waals surface area contributed by atoms with Crippen molar-refractivity contribution < 1.29 is 28.0 Å². The van der Waals surface area contributed by atoms with Gasteiger partial charge in [0, 0.05) is 8.22 Å². The second-order valence-electron chi connectivity index (χ2n) is 1.78. The molecule has 0 amide bonds. The normalized spacial score (nSPS) is 22.4. The lowest BCUT2D eigenvalue weighted by molar-refractivity contribution is -0.153. The highest BCUT2D eigenvalue weighted by atomic mass is 16.4. The maximum atomic E-state index is 10.9. The van der Waals surface area contributed by atoms with E-state index in [0.717, 1.165) is 0 Å². The molecular formula is C6H10O4. The lowest BCUT2D eigenvalue weighted by atomic mass is 9.90. The predicted molar refractivity (Wildman–Crippen MR) is 33.7 cm³/mol. The van der Waals surface area contributed by atoms with E-state index in [0.29, 0.717) is 0 Å². The van der Waals surface area contributed by atoms with Gasteiger partial charge in [-0.05, 0) is 13.7 Å². The van der Waals surface area contributed by atoms with Crippen LogP contribution in [0.4, 0.5) is 0 Å². The number of hydrogen-bond donors (Lipinski definition) is 2. The minimum Gasteiger partial charge on any atom is -0.481 e. The molecule has 0 heterocycles. The van der Waals surface area contributed by atoms with Crippen LogP contribution in [0.25, 0.3) is 0 Å². The summed E-state index contributed by atoms with van der Waals surface area (Å²) in [6.45, 7) is -6.88. The van der Waals surface area contributed by atoms with E-state index in [2.05, 4.69) is 0 Å².